The molecule has 2 amide bonds. The molecule has 0 aromatic carbocycles. The number of carbonyl (C=O) groups is 2. The third-order valence-electron chi connectivity index (χ3n) is 4.60. The van der Waals surface area contributed by atoms with Crippen molar-refractivity contribution >= 4 is 12.0 Å². The van der Waals surface area contributed by atoms with Crippen LogP contribution in [0, 0.1) is 0 Å². The van der Waals surface area contributed by atoms with Crippen molar-refractivity contribution in [1.29, 1.82) is 0 Å². The maximum atomic E-state index is 10.3. The summed E-state index contributed by atoms with van der Waals surface area (Å²) in [7, 11) is 1.56. The molecule has 6 heteroatoms. The molecule has 0 aliphatic rings. The Labute approximate surface area is 173 Å². The van der Waals surface area contributed by atoms with Gasteiger partial charge in [-0.25, -0.2) is 4.79 Å². The zero-order chi connectivity index (χ0) is 21.3. The van der Waals surface area contributed by atoms with Crippen LogP contribution in [0.25, 0.3) is 0 Å². The Balaban J connectivity index is 0. The van der Waals surface area contributed by atoms with E-state index in [9.17, 15) is 9.59 Å². The monoisotopic (exact) mass is 402 g/mol. The number of urea groups is 1. The fourth-order valence-corrected chi connectivity index (χ4v) is 2.92. The molecule has 0 radical (unpaired) electrons. The lowest BCUT2D eigenvalue weighted by atomic mass is 10.0. The van der Waals surface area contributed by atoms with Gasteiger partial charge in [0, 0.05) is 20.1 Å². The number of nitrogens with two attached hydrogens (primary N) is 1. The van der Waals surface area contributed by atoms with Gasteiger partial charge in [0.15, 0.2) is 0 Å². The molecule has 6 nitrogen and oxygen atoms in total. The second-order valence-corrected chi connectivity index (χ2v) is 7.38. The molecule has 0 bridgehead atoms. The first-order valence-electron chi connectivity index (χ1n) is 11.3. The number of aliphatic carboxylic acids is 1. The van der Waals surface area contributed by atoms with Crippen molar-refractivity contribution in [3.05, 3.63) is 0 Å². The average molecular weight is 403 g/mol. The van der Waals surface area contributed by atoms with E-state index in [1.54, 1.807) is 7.11 Å². The number of unbranched alkanes of at least 4 members (excludes halogenated alkanes) is 14. The van der Waals surface area contributed by atoms with Crippen molar-refractivity contribution in [2.45, 2.75) is 110 Å². The first kappa shape index (κ1) is 28.9. The van der Waals surface area contributed by atoms with Gasteiger partial charge in [-0.1, -0.05) is 96.8 Å². The van der Waals surface area contributed by atoms with Gasteiger partial charge in [0.2, 0.25) is 0 Å². The predicted molar refractivity (Wildman–Crippen MR) is 117 cm³/mol. The van der Waals surface area contributed by atoms with Crippen LogP contribution in [0.4, 0.5) is 4.79 Å². The molecule has 28 heavy (non-hydrogen) atoms. The van der Waals surface area contributed by atoms with Gasteiger partial charge in [0.25, 0.3) is 0 Å². The van der Waals surface area contributed by atoms with Gasteiger partial charge in [-0.15, -0.1) is 0 Å². The summed E-state index contributed by atoms with van der Waals surface area (Å²) in [5.74, 6) is -0.653. The number of carboxylic acid groups (broad SMARTS) is 1. The number of hydrogen-bond donors (Lipinski definition) is 3. The maximum absolute atomic E-state index is 10.3. The summed E-state index contributed by atoms with van der Waals surface area (Å²) >= 11 is 0. The Morgan fingerprint density at radius 1 is 0.786 bits per heavy atom. The van der Waals surface area contributed by atoms with Crippen LogP contribution in [0.5, 0.6) is 0 Å². The lowest BCUT2D eigenvalue weighted by molar-refractivity contribution is -0.137. The molecule has 0 unspecified atom stereocenters. The first-order chi connectivity index (χ1) is 13.5. The molecule has 0 spiro atoms. The number of carbonyl (C=O) groups excluding carboxylic acids is 1. The Bertz CT molecular complexity index is 338. The standard InChI is InChI=1S/C18H36O2.C4H10N2O2/c1-2-3-4-5-6-7-8-9-10-11-12-13-14-15-16-17-18(19)20;1-8-3-2-6-4(5)7/h2-17H2,1H3,(H,19,20);2-3H2,1H3,(H3,5,6,7). The minimum Gasteiger partial charge on any atom is -0.481 e. The summed E-state index contributed by atoms with van der Waals surface area (Å²) in [5.41, 5.74) is 4.73. The van der Waals surface area contributed by atoms with Gasteiger partial charge in [-0.2, -0.15) is 0 Å². The molecule has 0 saturated heterocycles. The highest BCUT2D eigenvalue weighted by Crippen LogP contribution is 2.13. The summed E-state index contributed by atoms with van der Waals surface area (Å²) in [5, 5.41) is 10.9. The summed E-state index contributed by atoms with van der Waals surface area (Å²) in [6.07, 6.45) is 20.2. The van der Waals surface area contributed by atoms with Crippen LogP contribution < -0.4 is 11.1 Å². The largest absolute Gasteiger partial charge is 0.481 e. The zero-order valence-electron chi connectivity index (χ0n) is 18.5. The fraction of sp³-hybridized carbons (Fsp3) is 0.909. The van der Waals surface area contributed by atoms with E-state index in [4.69, 9.17) is 10.8 Å². The first-order valence-corrected chi connectivity index (χ1v) is 11.3. The molecule has 0 aromatic heterocycles. The third kappa shape index (κ3) is 32.4. The maximum Gasteiger partial charge on any atom is 0.312 e. The number of amides is 2. The molecule has 0 fully saturated rings. The molecular formula is C22H46N2O4. The van der Waals surface area contributed by atoms with Crippen LogP contribution >= 0.6 is 0 Å². The van der Waals surface area contributed by atoms with Gasteiger partial charge in [0.1, 0.15) is 0 Å². The summed E-state index contributed by atoms with van der Waals surface area (Å²) < 4.78 is 4.62. The number of nitrogens with one attached hydrogen (secondary N) is 1. The molecule has 0 heterocycles. The van der Waals surface area contributed by atoms with Crippen molar-refractivity contribution in [2.75, 3.05) is 20.3 Å². The average Bonchev–Trinajstić information content (AvgIpc) is 2.65. The Morgan fingerprint density at radius 3 is 1.50 bits per heavy atom. The highest BCUT2D eigenvalue weighted by atomic mass is 16.5. The lowest BCUT2D eigenvalue weighted by Crippen LogP contribution is -2.31. The van der Waals surface area contributed by atoms with Gasteiger partial charge in [0.05, 0.1) is 6.61 Å². The van der Waals surface area contributed by atoms with Gasteiger partial charge in [-0.05, 0) is 6.42 Å². The smallest absolute Gasteiger partial charge is 0.312 e. The van der Waals surface area contributed by atoms with Gasteiger partial charge >= 0.3 is 12.0 Å². The van der Waals surface area contributed by atoms with Crippen molar-refractivity contribution in [1.82, 2.24) is 5.32 Å². The van der Waals surface area contributed by atoms with E-state index in [0.29, 0.717) is 19.6 Å². The van der Waals surface area contributed by atoms with Gasteiger partial charge < -0.3 is 20.9 Å². The van der Waals surface area contributed by atoms with E-state index in [0.717, 1.165) is 12.8 Å². The summed E-state index contributed by atoms with van der Waals surface area (Å²) in [6.45, 7) is 3.25. The number of ether oxygens (including phenoxy) is 1. The number of carboxylic acids is 1. The van der Waals surface area contributed by atoms with Crippen LogP contribution in [-0.4, -0.2) is 37.4 Å². The van der Waals surface area contributed by atoms with Crippen LogP contribution in [0.1, 0.15) is 110 Å². The Hall–Kier alpha value is -1.30. The fourth-order valence-electron chi connectivity index (χ4n) is 2.92. The lowest BCUT2D eigenvalue weighted by Gasteiger charge is -2.03. The van der Waals surface area contributed by atoms with Gasteiger partial charge in [-0.3, -0.25) is 4.79 Å². The number of rotatable bonds is 19. The second-order valence-electron chi connectivity index (χ2n) is 7.38. The molecule has 0 aliphatic carbocycles. The topological polar surface area (TPSA) is 102 Å². The van der Waals surface area contributed by atoms with Crippen LogP contribution in [0.15, 0.2) is 0 Å². The van der Waals surface area contributed by atoms with Crippen molar-refractivity contribution in [3.63, 3.8) is 0 Å². The molecule has 0 aliphatic heterocycles. The van der Waals surface area contributed by atoms with E-state index in [1.807, 2.05) is 0 Å². The quantitative estimate of drug-likeness (QED) is 0.243. The Kier molecular flexibility index (Phi) is 26.5. The van der Waals surface area contributed by atoms with Crippen LogP contribution in [-0.2, 0) is 9.53 Å². The zero-order valence-corrected chi connectivity index (χ0v) is 18.5. The number of methoxy groups -OCH3 is 1. The highest BCUT2D eigenvalue weighted by molar-refractivity contribution is 5.71. The Morgan fingerprint density at radius 2 is 1.18 bits per heavy atom. The molecule has 4 N–H and O–H groups in total. The molecule has 0 saturated carbocycles. The van der Waals surface area contributed by atoms with Crippen molar-refractivity contribution < 1.29 is 19.4 Å². The van der Waals surface area contributed by atoms with Crippen molar-refractivity contribution in [3.8, 4) is 0 Å². The van der Waals surface area contributed by atoms with Crippen molar-refractivity contribution in [2.24, 2.45) is 5.73 Å². The minimum absolute atomic E-state index is 0.345. The highest BCUT2D eigenvalue weighted by Gasteiger charge is 1.97. The van der Waals surface area contributed by atoms with E-state index in [2.05, 4.69) is 17.0 Å². The molecule has 0 rings (SSSR count). The normalized spacial score (nSPS) is 10.2. The van der Waals surface area contributed by atoms with E-state index in [-0.39, 0.29) is 0 Å². The summed E-state index contributed by atoms with van der Waals surface area (Å²) in [6, 6.07) is -0.512. The van der Waals surface area contributed by atoms with E-state index >= 15 is 0 Å². The van der Waals surface area contributed by atoms with E-state index < -0.39 is 12.0 Å². The minimum atomic E-state index is -0.653. The SMILES string of the molecule is CCCCCCCCCCCCCCCCCC(=O)O.COCCNC(N)=O. The van der Waals surface area contributed by atoms with Crippen LogP contribution in [0.3, 0.4) is 0 Å². The number of hydrogen-bond acceptors (Lipinski definition) is 3. The second kappa shape index (κ2) is 25.7. The molecule has 168 valence electrons. The molecule has 0 aromatic rings. The third-order valence-corrected chi connectivity index (χ3v) is 4.60. The van der Waals surface area contributed by atoms with Crippen LogP contribution in [0.2, 0.25) is 0 Å². The predicted octanol–water partition coefficient (Wildman–Crippen LogP) is 5.63. The number of primary amides is 1. The summed E-state index contributed by atoms with van der Waals surface area (Å²) in [4.78, 5) is 20.3. The van der Waals surface area contributed by atoms with E-state index in [1.165, 1.54) is 83.5 Å². The molecular weight excluding hydrogens is 356 g/mol. The molecule has 0 atom stereocenters.